The van der Waals surface area contributed by atoms with Crippen molar-refractivity contribution in [2.24, 2.45) is 0 Å². The van der Waals surface area contributed by atoms with Crippen molar-refractivity contribution in [1.29, 1.82) is 0 Å². The number of aliphatic hydroxyl groups is 1. The molecule has 7 heteroatoms. The van der Waals surface area contributed by atoms with Gasteiger partial charge in [0.15, 0.2) is 11.5 Å². The summed E-state index contributed by atoms with van der Waals surface area (Å²) in [5, 5.41) is 21.8. The van der Waals surface area contributed by atoms with Crippen LogP contribution in [-0.4, -0.2) is 33.3 Å². The highest BCUT2D eigenvalue weighted by atomic mass is 35.5. The lowest BCUT2D eigenvalue weighted by Gasteiger charge is -2.26. The van der Waals surface area contributed by atoms with E-state index in [0.29, 0.717) is 28.1 Å². The van der Waals surface area contributed by atoms with Gasteiger partial charge in [-0.15, -0.1) is 0 Å². The Balaban J connectivity index is 1.78. The Morgan fingerprint density at radius 2 is 1.94 bits per heavy atom. The number of hydrogen-bond acceptors (Lipinski definition) is 5. The number of phenolic OH excluding ortho intramolecular Hbond substituents is 1. The molecule has 4 rings (SSSR count). The van der Waals surface area contributed by atoms with E-state index in [9.17, 15) is 19.8 Å². The monoisotopic (exact) mass is 439 g/mol. The number of carbonyl (C=O) groups excluding carboxylic acids is 2. The molecule has 6 nitrogen and oxygen atoms in total. The zero-order valence-corrected chi connectivity index (χ0v) is 17.7. The van der Waals surface area contributed by atoms with E-state index < -0.39 is 23.5 Å². The van der Waals surface area contributed by atoms with Crippen LogP contribution in [0.5, 0.6) is 5.75 Å². The van der Waals surface area contributed by atoms with Gasteiger partial charge in [-0.3, -0.25) is 9.59 Å². The lowest BCUT2D eigenvalue weighted by atomic mass is 9.94. The second kappa shape index (κ2) is 8.47. The number of hydrogen-bond donors (Lipinski definition) is 2. The normalized spacial score (nSPS) is 16.5. The van der Waals surface area contributed by atoms with E-state index in [1.807, 2.05) is 0 Å². The molecule has 0 bridgehead atoms. The minimum Gasteiger partial charge on any atom is -0.508 e. The fourth-order valence-electron chi connectivity index (χ4n) is 3.95. The third-order valence-electron chi connectivity index (χ3n) is 5.44. The van der Waals surface area contributed by atoms with Gasteiger partial charge < -0.3 is 19.5 Å². The second-order valence-corrected chi connectivity index (χ2v) is 8.02. The predicted molar refractivity (Wildman–Crippen MR) is 117 cm³/mol. The standard InChI is InChI=1S/C24H22ClNO5/c1-2-3-4-10-26-21(14-6-5-7-17(27)12-14)20(23(29)24(26)30)22(28)19-13-15-11-16(25)8-9-18(15)31-19/h5-9,11-13,21,27,29H,2-4,10H2,1H3. The van der Waals surface area contributed by atoms with Crippen molar-refractivity contribution in [3.05, 3.63) is 76.2 Å². The van der Waals surface area contributed by atoms with E-state index in [0.717, 1.165) is 19.3 Å². The highest BCUT2D eigenvalue weighted by molar-refractivity contribution is 6.31. The number of rotatable bonds is 7. The highest BCUT2D eigenvalue weighted by Gasteiger charge is 2.44. The van der Waals surface area contributed by atoms with E-state index in [4.69, 9.17) is 16.0 Å². The van der Waals surface area contributed by atoms with Crippen molar-refractivity contribution in [2.75, 3.05) is 6.54 Å². The summed E-state index contributed by atoms with van der Waals surface area (Å²) in [5.41, 5.74) is 0.958. The molecule has 1 atom stereocenters. The molecule has 1 amide bonds. The van der Waals surface area contributed by atoms with E-state index >= 15 is 0 Å². The van der Waals surface area contributed by atoms with Gasteiger partial charge in [0, 0.05) is 17.0 Å². The number of ketones is 1. The molecule has 1 aliphatic heterocycles. The number of phenols is 1. The zero-order chi connectivity index (χ0) is 22.1. The summed E-state index contributed by atoms with van der Waals surface area (Å²) in [6, 6.07) is 12.1. The zero-order valence-electron chi connectivity index (χ0n) is 17.0. The summed E-state index contributed by atoms with van der Waals surface area (Å²) in [5.74, 6) is -1.76. The van der Waals surface area contributed by atoms with E-state index in [1.165, 1.54) is 17.0 Å². The van der Waals surface area contributed by atoms with Crippen LogP contribution in [0.25, 0.3) is 11.0 Å². The van der Waals surface area contributed by atoms with Crippen LogP contribution in [0.4, 0.5) is 0 Å². The predicted octanol–water partition coefficient (Wildman–Crippen LogP) is 5.56. The number of aliphatic hydroxyl groups excluding tert-OH is 1. The molecule has 0 aliphatic carbocycles. The van der Waals surface area contributed by atoms with Crippen molar-refractivity contribution >= 4 is 34.3 Å². The first-order valence-electron chi connectivity index (χ1n) is 10.2. The van der Waals surface area contributed by atoms with Crippen LogP contribution in [0, 0.1) is 0 Å². The molecule has 160 valence electrons. The molecular formula is C24H22ClNO5. The molecule has 1 unspecified atom stereocenters. The first-order chi connectivity index (χ1) is 14.9. The van der Waals surface area contributed by atoms with Crippen LogP contribution in [0.2, 0.25) is 5.02 Å². The number of carbonyl (C=O) groups is 2. The number of nitrogens with zero attached hydrogens (tertiary/aromatic N) is 1. The second-order valence-electron chi connectivity index (χ2n) is 7.59. The fraction of sp³-hybridized carbons (Fsp3) is 0.250. The van der Waals surface area contributed by atoms with Crippen LogP contribution in [0.15, 0.2) is 64.3 Å². The first-order valence-corrected chi connectivity index (χ1v) is 10.5. The largest absolute Gasteiger partial charge is 0.508 e. The molecule has 1 aromatic heterocycles. The molecule has 2 N–H and O–H groups in total. The molecule has 0 fully saturated rings. The number of amides is 1. The Hall–Kier alpha value is -3.25. The Labute approximate surface area is 184 Å². The molecular weight excluding hydrogens is 418 g/mol. The maximum absolute atomic E-state index is 13.4. The van der Waals surface area contributed by atoms with Gasteiger partial charge in [0.2, 0.25) is 5.78 Å². The third kappa shape index (κ3) is 3.91. The number of halogens is 1. The smallest absolute Gasteiger partial charge is 0.290 e. The molecule has 0 spiro atoms. The van der Waals surface area contributed by atoms with Crippen molar-refractivity contribution in [3.8, 4) is 5.75 Å². The summed E-state index contributed by atoms with van der Waals surface area (Å²) < 4.78 is 5.69. The molecule has 0 saturated carbocycles. The van der Waals surface area contributed by atoms with Crippen LogP contribution >= 0.6 is 11.6 Å². The lowest BCUT2D eigenvalue weighted by molar-refractivity contribution is -0.129. The van der Waals surface area contributed by atoms with Crippen molar-refractivity contribution in [1.82, 2.24) is 4.90 Å². The highest BCUT2D eigenvalue weighted by Crippen LogP contribution is 2.40. The maximum Gasteiger partial charge on any atom is 0.290 e. The maximum atomic E-state index is 13.4. The van der Waals surface area contributed by atoms with Crippen molar-refractivity contribution in [3.63, 3.8) is 0 Å². The van der Waals surface area contributed by atoms with E-state index in [-0.39, 0.29) is 17.1 Å². The minimum absolute atomic E-state index is 0.00665. The van der Waals surface area contributed by atoms with Crippen molar-refractivity contribution < 1.29 is 24.2 Å². The molecule has 0 radical (unpaired) electrons. The summed E-state index contributed by atoms with van der Waals surface area (Å²) in [7, 11) is 0. The van der Waals surface area contributed by atoms with Crippen LogP contribution in [-0.2, 0) is 4.79 Å². The number of furan rings is 1. The first kappa shape index (κ1) is 21.0. The quantitative estimate of drug-likeness (QED) is 0.371. The Kier molecular flexibility index (Phi) is 5.74. The molecule has 0 saturated heterocycles. The Morgan fingerprint density at radius 1 is 1.13 bits per heavy atom. The summed E-state index contributed by atoms with van der Waals surface area (Å²) in [6.07, 6.45) is 2.60. The summed E-state index contributed by atoms with van der Waals surface area (Å²) in [4.78, 5) is 27.8. The Morgan fingerprint density at radius 3 is 2.68 bits per heavy atom. The molecule has 3 aromatic rings. The van der Waals surface area contributed by atoms with E-state index in [1.54, 1.807) is 36.4 Å². The van der Waals surface area contributed by atoms with Gasteiger partial charge >= 0.3 is 0 Å². The van der Waals surface area contributed by atoms with Crippen molar-refractivity contribution in [2.45, 2.75) is 32.2 Å². The number of unbranched alkanes of at least 4 members (excludes halogenated alkanes) is 2. The summed E-state index contributed by atoms with van der Waals surface area (Å²) >= 11 is 6.02. The van der Waals surface area contributed by atoms with Crippen LogP contribution in [0.3, 0.4) is 0 Å². The number of Topliss-reactive ketones (excluding diaryl/α,β-unsaturated/α-hetero) is 1. The summed E-state index contributed by atoms with van der Waals surface area (Å²) in [6.45, 7) is 2.43. The van der Waals surface area contributed by atoms with E-state index in [2.05, 4.69) is 6.92 Å². The van der Waals surface area contributed by atoms with Crippen LogP contribution in [0.1, 0.15) is 48.3 Å². The van der Waals surface area contributed by atoms with Gasteiger partial charge in [-0.2, -0.15) is 0 Å². The van der Waals surface area contributed by atoms with Gasteiger partial charge in [-0.05, 0) is 48.4 Å². The van der Waals surface area contributed by atoms with Gasteiger partial charge in [0.05, 0.1) is 11.6 Å². The minimum atomic E-state index is -0.819. The third-order valence-corrected chi connectivity index (χ3v) is 5.67. The number of aromatic hydroxyl groups is 1. The molecule has 2 heterocycles. The van der Waals surface area contributed by atoms with Gasteiger partial charge in [0.25, 0.3) is 5.91 Å². The lowest BCUT2D eigenvalue weighted by Crippen LogP contribution is -2.32. The average Bonchev–Trinajstić information content (AvgIpc) is 3.27. The van der Waals surface area contributed by atoms with Gasteiger partial charge in [0.1, 0.15) is 11.3 Å². The van der Waals surface area contributed by atoms with Gasteiger partial charge in [-0.1, -0.05) is 43.5 Å². The number of benzene rings is 2. The SMILES string of the molecule is CCCCCN1C(=O)C(O)=C(C(=O)c2cc3cc(Cl)ccc3o2)C1c1cccc(O)c1. The molecule has 31 heavy (non-hydrogen) atoms. The van der Waals surface area contributed by atoms with Gasteiger partial charge in [-0.25, -0.2) is 0 Å². The number of fused-ring (bicyclic) bond motifs is 1. The topological polar surface area (TPSA) is 91.0 Å². The Bertz CT molecular complexity index is 1200. The molecule has 2 aromatic carbocycles. The fourth-order valence-corrected chi connectivity index (χ4v) is 4.13. The average molecular weight is 440 g/mol. The molecule has 1 aliphatic rings. The van der Waals surface area contributed by atoms with Crippen LogP contribution < -0.4 is 0 Å².